The molecule has 11 heteroatoms. The van der Waals surface area contributed by atoms with Crippen molar-refractivity contribution in [2.24, 2.45) is 5.92 Å². The Morgan fingerprint density at radius 2 is 2.03 bits per heavy atom. The van der Waals surface area contributed by atoms with E-state index >= 15 is 0 Å². The fraction of sp³-hybridized carbons (Fsp3) is 0.944. The predicted molar refractivity (Wildman–Crippen MR) is 110 cm³/mol. The number of carbonyl (C=O) groups excluding carboxylic acids is 1. The zero-order chi connectivity index (χ0) is 21.3. The van der Waals surface area contributed by atoms with Crippen LogP contribution in [0.3, 0.4) is 0 Å². The van der Waals surface area contributed by atoms with Gasteiger partial charge < -0.3 is 40.3 Å². The normalized spacial score (nSPS) is 43.3. The van der Waals surface area contributed by atoms with Crippen molar-refractivity contribution < 1.29 is 29.6 Å². The number of halogens is 1. The summed E-state index contributed by atoms with van der Waals surface area (Å²) < 4.78 is 11.8. The van der Waals surface area contributed by atoms with Gasteiger partial charge in [-0.15, -0.1) is 23.4 Å². The molecule has 3 heterocycles. The number of fused-ring (bicyclic) bond motifs is 1. The highest BCUT2D eigenvalue weighted by atomic mass is 35.5. The third kappa shape index (κ3) is 5.02. The Balaban J connectivity index is 1.71. The number of likely N-dealkylation sites (N-methyl/N-ethyl adjacent to an activating group) is 1. The van der Waals surface area contributed by atoms with E-state index in [1.807, 2.05) is 7.05 Å². The number of hydrogen-bond donors (Lipinski definition) is 5. The number of amides is 1. The zero-order valence-corrected chi connectivity index (χ0v) is 18.5. The molecule has 29 heavy (non-hydrogen) atoms. The fourth-order valence-corrected chi connectivity index (χ4v) is 5.22. The number of carbonyl (C=O) groups is 1. The highest BCUT2D eigenvalue weighted by Gasteiger charge is 2.49. The molecule has 10 atom stereocenters. The van der Waals surface area contributed by atoms with Gasteiger partial charge in [0.1, 0.15) is 35.9 Å². The van der Waals surface area contributed by atoms with Crippen LogP contribution in [0, 0.1) is 5.92 Å². The first-order chi connectivity index (χ1) is 13.7. The number of aliphatic hydroxyl groups is 3. The monoisotopic (exact) mass is 453 g/mol. The van der Waals surface area contributed by atoms with Crippen molar-refractivity contribution in [1.29, 1.82) is 0 Å². The molecule has 3 fully saturated rings. The molecule has 1 amide bonds. The highest BCUT2D eigenvalue weighted by Crippen LogP contribution is 2.30. The van der Waals surface area contributed by atoms with Crippen LogP contribution >= 0.6 is 23.4 Å². The number of nitrogens with zero attached hydrogens (tertiary/aromatic N) is 1. The van der Waals surface area contributed by atoms with Crippen LogP contribution in [-0.2, 0) is 14.3 Å². The second kappa shape index (κ2) is 9.97. The summed E-state index contributed by atoms with van der Waals surface area (Å²) in [5.74, 6) is -0.0730. The van der Waals surface area contributed by atoms with Gasteiger partial charge in [0.2, 0.25) is 5.91 Å². The third-order valence-corrected chi connectivity index (χ3v) is 7.13. The number of alkyl halides is 1. The Labute approximate surface area is 180 Å². The summed E-state index contributed by atoms with van der Waals surface area (Å²) in [5, 5.41) is 36.3. The molecule has 3 aliphatic heterocycles. The molecule has 3 rings (SSSR count). The smallest absolute Gasteiger partial charge is 0.240 e. The predicted octanol–water partition coefficient (Wildman–Crippen LogP) is -1.81. The first-order valence-corrected chi connectivity index (χ1v) is 11.7. The molecule has 5 N–H and O–H groups in total. The summed E-state index contributed by atoms with van der Waals surface area (Å²) in [4.78, 5) is 15.3. The second-order valence-electron chi connectivity index (χ2n) is 8.13. The van der Waals surface area contributed by atoms with Crippen LogP contribution in [0.4, 0.5) is 0 Å². The van der Waals surface area contributed by atoms with Gasteiger partial charge in [0, 0.05) is 25.6 Å². The fourth-order valence-electron chi connectivity index (χ4n) is 4.34. The van der Waals surface area contributed by atoms with E-state index in [1.165, 1.54) is 11.8 Å². The molecule has 3 saturated heterocycles. The summed E-state index contributed by atoms with van der Waals surface area (Å²) >= 11 is 7.55. The number of thioether (sulfide) groups is 1. The highest BCUT2D eigenvalue weighted by molar-refractivity contribution is 7.99. The number of aliphatic hydroxyl groups excluding tert-OH is 3. The van der Waals surface area contributed by atoms with Crippen molar-refractivity contribution in [1.82, 2.24) is 15.5 Å². The summed E-state index contributed by atoms with van der Waals surface area (Å²) in [7, 11) is 2.04. The Bertz CT molecular complexity index is 574. The van der Waals surface area contributed by atoms with Crippen LogP contribution in [0.2, 0.25) is 0 Å². The summed E-state index contributed by atoms with van der Waals surface area (Å²) in [5.41, 5.74) is -0.733. The minimum Gasteiger partial charge on any atom is -0.388 e. The maximum atomic E-state index is 13.1. The molecule has 0 saturated carbocycles. The average Bonchev–Trinajstić information content (AvgIpc) is 2.97. The molecular formula is C18H32ClN3O6S. The molecule has 0 aliphatic carbocycles. The first-order valence-electron chi connectivity index (χ1n) is 9.95. The van der Waals surface area contributed by atoms with Crippen LogP contribution in [0.5, 0.6) is 0 Å². The zero-order valence-electron chi connectivity index (χ0n) is 16.9. The Hall–Kier alpha value is -0.170. The van der Waals surface area contributed by atoms with Crippen molar-refractivity contribution in [3.63, 3.8) is 0 Å². The average molecular weight is 454 g/mol. The lowest BCUT2D eigenvalue weighted by Gasteiger charge is -2.44. The van der Waals surface area contributed by atoms with Crippen LogP contribution in [-0.4, -0.2) is 119 Å². The van der Waals surface area contributed by atoms with Crippen LogP contribution in [0.25, 0.3) is 0 Å². The molecule has 0 spiro atoms. The molecule has 0 aromatic carbocycles. The lowest BCUT2D eigenvalue weighted by Crippen LogP contribution is -2.65. The van der Waals surface area contributed by atoms with Gasteiger partial charge in [-0.25, -0.2) is 0 Å². The maximum absolute atomic E-state index is 13.1. The molecule has 3 aliphatic rings. The van der Waals surface area contributed by atoms with Crippen LogP contribution < -0.4 is 10.6 Å². The number of rotatable bonds is 5. The third-order valence-electron chi connectivity index (χ3n) is 6.00. The van der Waals surface area contributed by atoms with Gasteiger partial charge in [-0.3, -0.25) is 4.79 Å². The lowest BCUT2D eigenvalue weighted by molar-refractivity contribution is -0.205. The molecule has 9 nitrogen and oxygen atoms in total. The van der Waals surface area contributed by atoms with E-state index in [1.54, 1.807) is 13.2 Å². The minimum absolute atomic E-state index is 0.208. The van der Waals surface area contributed by atoms with E-state index in [-0.39, 0.29) is 17.9 Å². The molecule has 168 valence electrons. The van der Waals surface area contributed by atoms with Gasteiger partial charge in [0.05, 0.1) is 24.1 Å². The van der Waals surface area contributed by atoms with Crippen molar-refractivity contribution in [3.8, 4) is 0 Å². The number of ether oxygens (including phenoxy) is 2. The topological polar surface area (TPSA) is 124 Å². The first kappa shape index (κ1) is 23.5. The Kier molecular flexibility index (Phi) is 8.08. The SMILES string of the molecule is CSC1O[C@H]([C@H](NC(=O)[C@H]2NC[C@@H]3CN(C)CCO[C@H]32)[C@H](C)Cl)C(O)C(O)[C@H]1O. The van der Waals surface area contributed by atoms with Crippen molar-refractivity contribution in [3.05, 3.63) is 0 Å². The van der Waals surface area contributed by atoms with Crippen molar-refractivity contribution in [2.75, 3.05) is 39.5 Å². The van der Waals surface area contributed by atoms with E-state index in [2.05, 4.69) is 15.5 Å². The molecule has 0 radical (unpaired) electrons. The molecule has 3 unspecified atom stereocenters. The number of nitrogens with one attached hydrogen (secondary N) is 2. The molecule has 0 aromatic heterocycles. The number of hydrogen-bond acceptors (Lipinski definition) is 9. The molecule has 0 bridgehead atoms. The largest absolute Gasteiger partial charge is 0.388 e. The van der Waals surface area contributed by atoms with E-state index in [0.717, 1.165) is 13.1 Å². The standard InChI is InChI=1S/C18H32ClN3O6S/c1-8(19)10(16-13(24)12(23)14(25)18(28-16)29-3)21-17(26)11-15-9(6-20-11)7-22(2)4-5-27-15/h8-16,18,20,23-25H,4-7H2,1-3H3,(H,21,26)/t8-,9+,10+,11-,12?,13?,14+,15+,16+,18?/m0/s1. The second-order valence-corrected chi connectivity index (χ2v) is 9.76. The van der Waals surface area contributed by atoms with Crippen LogP contribution in [0.15, 0.2) is 0 Å². The summed E-state index contributed by atoms with van der Waals surface area (Å²) in [6.07, 6.45) is -3.47. The van der Waals surface area contributed by atoms with Gasteiger partial charge in [-0.05, 0) is 20.2 Å². The van der Waals surface area contributed by atoms with Gasteiger partial charge in [0.25, 0.3) is 0 Å². The quantitative estimate of drug-likeness (QED) is 0.306. The van der Waals surface area contributed by atoms with Gasteiger partial charge >= 0.3 is 0 Å². The lowest BCUT2D eigenvalue weighted by atomic mass is 9.92. The van der Waals surface area contributed by atoms with E-state index in [9.17, 15) is 20.1 Å². The Morgan fingerprint density at radius 3 is 2.69 bits per heavy atom. The Morgan fingerprint density at radius 1 is 1.31 bits per heavy atom. The minimum atomic E-state index is -1.39. The van der Waals surface area contributed by atoms with Crippen molar-refractivity contribution in [2.45, 2.75) is 60.3 Å². The maximum Gasteiger partial charge on any atom is 0.240 e. The van der Waals surface area contributed by atoms with Crippen LogP contribution in [0.1, 0.15) is 6.92 Å². The van der Waals surface area contributed by atoms with Crippen molar-refractivity contribution >= 4 is 29.3 Å². The van der Waals surface area contributed by atoms with E-state index in [4.69, 9.17) is 21.1 Å². The van der Waals surface area contributed by atoms with E-state index < -0.39 is 47.3 Å². The summed E-state index contributed by atoms with van der Waals surface area (Å²) in [6, 6.07) is -1.29. The summed E-state index contributed by atoms with van der Waals surface area (Å²) in [6.45, 7) is 4.59. The molecular weight excluding hydrogens is 422 g/mol. The van der Waals surface area contributed by atoms with Gasteiger partial charge in [-0.2, -0.15) is 0 Å². The van der Waals surface area contributed by atoms with E-state index in [0.29, 0.717) is 13.2 Å². The van der Waals surface area contributed by atoms with Gasteiger partial charge in [-0.1, -0.05) is 0 Å². The van der Waals surface area contributed by atoms with Gasteiger partial charge in [0.15, 0.2) is 0 Å². The molecule has 0 aromatic rings.